The van der Waals surface area contributed by atoms with Gasteiger partial charge in [0.1, 0.15) is 22.3 Å². The van der Waals surface area contributed by atoms with Crippen LogP contribution in [0.2, 0.25) is 15.1 Å². The van der Waals surface area contributed by atoms with Crippen LogP contribution >= 0.6 is 34.8 Å². The average Bonchev–Trinajstić information content (AvgIpc) is 3.02. The van der Waals surface area contributed by atoms with Gasteiger partial charge in [-0.2, -0.15) is 5.26 Å². The van der Waals surface area contributed by atoms with Gasteiger partial charge in [0.2, 0.25) is 5.91 Å². The molecule has 1 atom stereocenters. The number of phenolic OH excluding ortho intramolecular Hbond substituents is 1. The molecule has 0 saturated carbocycles. The average molecular weight is 676 g/mol. The van der Waals surface area contributed by atoms with Crippen molar-refractivity contribution < 1.29 is 18.7 Å². The lowest BCUT2D eigenvalue weighted by Gasteiger charge is -2.37. The van der Waals surface area contributed by atoms with Crippen molar-refractivity contribution in [3.8, 4) is 23.1 Å². The number of aromatic nitrogens is 2. The Labute approximate surface area is 272 Å². The van der Waals surface area contributed by atoms with Gasteiger partial charge >= 0.3 is 0 Å². The van der Waals surface area contributed by atoms with Gasteiger partial charge < -0.3 is 20.2 Å². The minimum Gasteiger partial charge on any atom is -0.504 e. The summed E-state index contributed by atoms with van der Waals surface area (Å²) in [6.45, 7) is 10.3. The van der Waals surface area contributed by atoms with Crippen LogP contribution in [0.3, 0.4) is 0 Å². The maximum atomic E-state index is 15.5. The van der Waals surface area contributed by atoms with Crippen LogP contribution in [0.15, 0.2) is 41.4 Å². The van der Waals surface area contributed by atoms with Gasteiger partial charge in [0.05, 0.1) is 38.7 Å². The second-order valence-electron chi connectivity index (χ2n) is 11.0. The van der Waals surface area contributed by atoms with Crippen molar-refractivity contribution in [3.05, 3.63) is 79.2 Å². The summed E-state index contributed by atoms with van der Waals surface area (Å²) in [6, 6.07) is 3.04. The Morgan fingerprint density at radius 3 is 2.44 bits per heavy atom. The Balaban J connectivity index is 1.90. The van der Waals surface area contributed by atoms with Crippen molar-refractivity contribution in [1.82, 2.24) is 19.8 Å². The van der Waals surface area contributed by atoms with E-state index < -0.39 is 50.3 Å². The molecule has 0 aliphatic carbocycles. The van der Waals surface area contributed by atoms with Crippen LogP contribution in [-0.4, -0.2) is 57.7 Å². The number of hydrogen-bond donors (Lipinski definition) is 2. The molecule has 4 heterocycles. The molecule has 0 radical (unpaired) electrons. The van der Waals surface area contributed by atoms with E-state index in [9.17, 15) is 24.3 Å². The number of dihydropyridines is 1. The van der Waals surface area contributed by atoms with Crippen LogP contribution in [0.1, 0.15) is 26.3 Å². The zero-order chi connectivity index (χ0) is 32.9. The van der Waals surface area contributed by atoms with Crippen molar-refractivity contribution in [3.63, 3.8) is 0 Å². The molecular weight excluding hydrogens is 649 g/mol. The smallest absolute Gasteiger partial charge is 0.276 e. The maximum Gasteiger partial charge on any atom is 0.276 e. The summed E-state index contributed by atoms with van der Waals surface area (Å²) in [4.78, 5) is 34.6. The number of allylic oxidation sites excluding steroid dienone is 2. The van der Waals surface area contributed by atoms with Gasteiger partial charge in [-0.25, -0.2) is 13.8 Å². The van der Waals surface area contributed by atoms with Crippen molar-refractivity contribution >= 4 is 63.1 Å². The standard InChI is InChI=1S/C31H27Cl3F2N6O3/c1-5-19(43)40-8-10-41(11-9-40)28-16-12-18(32)26(20-23(35)21(33)22(34)24(36)29(20)44)39-30(16)42(31(45)17(28)13-37)27-15(4)6-7-38-25(27)14(2)3/h5-7,12,14,25,38,44H,1,8-11H2,2-4H3. The second kappa shape index (κ2) is 12.4. The maximum absolute atomic E-state index is 15.5. The summed E-state index contributed by atoms with van der Waals surface area (Å²) >= 11 is 18.4. The molecule has 2 aliphatic rings. The quantitative estimate of drug-likeness (QED) is 0.191. The minimum atomic E-state index is -1.37. The fraction of sp³-hybridized carbons (Fsp3) is 0.290. The topological polar surface area (TPSA) is 114 Å². The number of anilines is 1. The Bertz CT molecular complexity index is 1910. The van der Waals surface area contributed by atoms with E-state index in [0.717, 1.165) is 0 Å². The molecule has 45 heavy (non-hydrogen) atoms. The van der Waals surface area contributed by atoms with Gasteiger partial charge in [-0.15, -0.1) is 0 Å². The zero-order valence-electron chi connectivity index (χ0n) is 24.4. The van der Waals surface area contributed by atoms with E-state index in [4.69, 9.17) is 34.8 Å². The molecule has 0 spiro atoms. The van der Waals surface area contributed by atoms with Gasteiger partial charge in [0.25, 0.3) is 5.56 Å². The molecule has 9 nitrogen and oxygen atoms in total. The van der Waals surface area contributed by atoms with Crippen molar-refractivity contribution in [2.75, 3.05) is 31.1 Å². The molecule has 234 valence electrons. The van der Waals surface area contributed by atoms with Crippen LogP contribution in [0.5, 0.6) is 5.75 Å². The van der Waals surface area contributed by atoms with Gasteiger partial charge in [-0.3, -0.25) is 14.2 Å². The van der Waals surface area contributed by atoms with E-state index in [0.29, 0.717) is 11.3 Å². The number of nitrogens with one attached hydrogen (secondary N) is 1. The summed E-state index contributed by atoms with van der Waals surface area (Å²) in [6.07, 6.45) is 4.73. The lowest BCUT2D eigenvalue weighted by Crippen LogP contribution is -2.49. The van der Waals surface area contributed by atoms with Crippen LogP contribution in [0.4, 0.5) is 14.5 Å². The lowest BCUT2D eigenvalue weighted by atomic mass is 9.94. The van der Waals surface area contributed by atoms with E-state index in [1.54, 1.807) is 29.0 Å². The number of nitrogens with zero attached hydrogens (tertiary/aromatic N) is 5. The van der Waals surface area contributed by atoms with Crippen molar-refractivity contribution in [1.29, 1.82) is 5.26 Å². The second-order valence-corrected chi connectivity index (χ2v) is 12.1. The number of nitriles is 1. The molecule has 2 aromatic heterocycles. The summed E-state index contributed by atoms with van der Waals surface area (Å²) in [5, 5.41) is 22.7. The molecule has 5 rings (SSSR count). The highest BCUT2D eigenvalue weighted by Crippen LogP contribution is 2.45. The normalized spacial score (nSPS) is 16.8. The number of hydrogen-bond acceptors (Lipinski definition) is 7. The number of phenols is 1. The van der Waals surface area contributed by atoms with Crippen molar-refractivity contribution in [2.24, 2.45) is 5.92 Å². The largest absolute Gasteiger partial charge is 0.504 e. The first kappa shape index (κ1) is 32.3. The Hall–Kier alpha value is -4.11. The molecule has 0 bridgehead atoms. The third-order valence-corrected chi connectivity index (χ3v) is 9.06. The molecule has 2 aliphatic heterocycles. The summed E-state index contributed by atoms with van der Waals surface area (Å²) in [5.41, 5.74) is -0.668. The Morgan fingerprint density at radius 1 is 1.20 bits per heavy atom. The Kier molecular flexibility index (Phi) is 8.86. The molecule has 1 saturated heterocycles. The molecule has 1 unspecified atom stereocenters. The molecule has 3 aromatic rings. The van der Waals surface area contributed by atoms with E-state index in [2.05, 4.69) is 22.9 Å². The first-order valence-corrected chi connectivity index (χ1v) is 15.0. The molecule has 2 N–H and O–H groups in total. The SMILES string of the molecule is C=CC(=O)N1CCN(c2c(C#N)c(=O)n(C3=C(C)C=CNC3C(C)C)c3nc(-c4c(O)c(F)c(Cl)c(Cl)c4F)c(Cl)cc23)CC1. The summed E-state index contributed by atoms with van der Waals surface area (Å²) < 4.78 is 31.6. The van der Waals surface area contributed by atoms with Gasteiger partial charge in [-0.1, -0.05) is 55.2 Å². The lowest BCUT2D eigenvalue weighted by molar-refractivity contribution is -0.126. The molecule has 1 aromatic carbocycles. The first-order chi connectivity index (χ1) is 21.3. The number of amides is 1. The minimum absolute atomic E-state index is 0.0274. The third-order valence-electron chi connectivity index (χ3n) is 7.96. The number of carbonyl (C=O) groups excluding carboxylic acids is 1. The van der Waals surface area contributed by atoms with E-state index >= 15 is 4.39 Å². The number of rotatable bonds is 5. The monoisotopic (exact) mass is 674 g/mol. The molecular formula is C31H27Cl3F2N6O3. The molecule has 1 fully saturated rings. The number of fused-ring (bicyclic) bond motifs is 1. The molecule has 14 heteroatoms. The summed E-state index contributed by atoms with van der Waals surface area (Å²) in [7, 11) is 0. The highest BCUT2D eigenvalue weighted by atomic mass is 35.5. The number of halogens is 5. The number of carbonyl (C=O) groups is 1. The van der Waals surface area contributed by atoms with Crippen LogP contribution in [0.25, 0.3) is 28.0 Å². The van der Waals surface area contributed by atoms with E-state index in [-0.39, 0.29) is 65.3 Å². The zero-order valence-corrected chi connectivity index (χ0v) is 26.7. The predicted molar refractivity (Wildman–Crippen MR) is 172 cm³/mol. The van der Waals surface area contributed by atoms with Gasteiger partial charge in [0.15, 0.2) is 17.4 Å². The number of aromatic hydroxyl groups is 1. The fourth-order valence-corrected chi connectivity index (χ4v) is 6.32. The summed E-state index contributed by atoms with van der Waals surface area (Å²) in [5.74, 6) is -4.10. The number of piperazine rings is 1. The third kappa shape index (κ3) is 5.31. The highest BCUT2D eigenvalue weighted by molar-refractivity contribution is 6.42. The predicted octanol–water partition coefficient (Wildman–Crippen LogP) is 6.09. The Morgan fingerprint density at radius 2 is 1.84 bits per heavy atom. The van der Waals surface area contributed by atoms with E-state index in [1.807, 2.05) is 13.8 Å². The number of benzene rings is 1. The number of pyridine rings is 2. The first-order valence-electron chi connectivity index (χ1n) is 13.9. The van der Waals surface area contributed by atoms with Crippen LogP contribution in [0, 0.1) is 28.9 Å². The molecule has 1 amide bonds. The van der Waals surface area contributed by atoms with Crippen molar-refractivity contribution in [2.45, 2.75) is 26.8 Å². The van der Waals surface area contributed by atoms with Crippen LogP contribution < -0.4 is 15.8 Å². The van der Waals surface area contributed by atoms with Gasteiger partial charge in [0, 0.05) is 31.6 Å². The highest BCUT2D eigenvalue weighted by Gasteiger charge is 2.33. The van der Waals surface area contributed by atoms with E-state index in [1.165, 1.54) is 16.7 Å². The van der Waals surface area contributed by atoms with Gasteiger partial charge in [-0.05, 0) is 42.8 Å². The van der Waals surface area contributed by atoms with Crippen LogP contribution in [-0.2, 0) is 4.79 Å². The fourth-order valence-electron chi connectivity index (χ4n) is 5.72.